The zero-order valence-electron chi connectivity index (χ0n) is 22.9. The van der Waals surface area contributed by atoms with E-state index in [1.54, 1.807) is 12.1 Å². The number of carbonyl (C=O) groups is 1. The van der Waals surface area contributed by atoms with Gasteiger partial charge in [0.25, 0.3) is 6.01 Å². The highest BCUT2D eigenvalue weighted by Crippen LogP contribution is 2.32. The summed E-state index contributed by atoms with van der Waals surface area (Å²) in [4.78, 5) is 18.1. The van der Waals surface area contributed by atoms with Crippen molar-refractivity contribution in [2.45, 2.75) is 46.4 Å². The van der Waals surface area contributed by atoms with Crippen LogP contribution in [0.15, 0.2) is 65.1 Å². The number of anilines is 1. The van der Waals surface area contributed by atoms with Gasteiger partial charge in [-0.25, -0.2) is 13.6 Å². The van der Waals surface area contributed by atoms with Crippen molar-refractivity contribution in [3.63, 3.8) is 0 Å². The second-order valence-corrected chi connectivity index (χ2v) is 10.4. The van der Waals surface area contributed by atoms with Crippen LogP contribution in [-0.2, 0) is 17.9 Å². The summed E-state index contributed by atoms with van der Waals surface area (Å²) in [7, 11) is 1.49. The molecule has 0 aliphatic carbocycles. The minimum Gasteiger partial charge on any atom is -0.493 e. The molecule has 10 heteroatoms. The number of benzene rings is 3. The summed E-state index contributed by atoms with van der Waals surface area (Å²) in [5.74, 6) is -0.627. The molecule has 1 heterocycles. The molecule has 0 aliphatic rings. The van der Waals surface area contributed by atoms with E-state index < -0.39 is 23.8 Å². The molecule has 1 atom stereocenters. The number of halogens is 2. The van der Waals surface area contributed by atoms with Crippen LogP contribution in [0.3, 0.4) is 0 Å². The molecule has 4 aromatic rings. The van der Waals surface area contributed by atoms with Crippen LogP contribution in [0, 0.1) is 17.0 Å². The van der Waals surface area contributed by atoms with Crippen LogP contribution in [0.25, 0.3) is 11.1 Å². The Hall–Kier alpha value is -4.34. The van der Waals surface area contributed by atoms with Crippen molar-refractivity contribution in [3.05, 3.63) is 83.4 Å². The van der Waals surface area contributed by atoms with Crippen molar-refractivity contribution in [2.24, 2.45) is 11.1 Å². The fourth-order valence-corrected chi connectivity index (χ4v) is 4.29. The Morgan fingerprint density at radius 1 is 1.05 bits per heavy atom. The van der Waals surface area contributed by atoms with E-state index in [9.17, 15) is 13.6 Å². The topological polar surface area (TPSA) is 100 Å². The number of ether oxygens (including phenoxy) is 3. The highest BCUT2D eigenvalue weighted by Gasteiger charge is 2.29. The van der Waals surface area contributed by atoms with Crippen molar-refractivity contribution >= 4 is 23.2 Å². The lowest BCUT2D eigenvalue weighted by Gasteiger charge is -2.31. The second-order valence-electron chi connectivity index (χ2n) is 10.4. The number of hydrogen-bond acceptors (Lipinski definition) is 7. The SMILES string of the molecule is COc1cc(CN(CCC(OC(N)=O)C(C)(C)C)c2nc3ccccc3o2)ccc1OCc1c(F)cccc1F. The predicted octanol–water partition coefficient (Wildman–Crippen LogP) is 6.60. The summed E-state index contributed by atoms with van der Waals surface area (Å²) < 4.78 is 50.8. The fraction of sp³-hybridized carbons (Fsp3) is 0.333. The number of para-hydroxylation sites is 2. The summed E-state index contributed by atoms with van der Waals surface area (Å²) in [6, 6.07) is 16.8. The van der Waals surface area contributed by atoms with Gasteiger partial charge in [-0.1, -0.05) is 45.0 Å². The smallest absolute Gasteiger partial charge is 0.404 e. The first-order valence-corrected chi connectivity index (χ1v) is 12.8. The molecule has 8 nitrogen and oxygen atoms in total. The second kappa shape index (κ2) is 12.2. The number of nitrogens with two attached hydrogens (primary N) is 1. The number of methoxy groups -OCH3 is 1. The largest absolute Gasteiger partial charge is 0.493 e. The minimum absolute atomic E-state index is 0.164. The Bertz CT molecular complexity index is 1410. The zero-order chi connectivity index (χ0) is 28.9. The van der Waals surface area contributed by atoms with E-state index in [-0.39, 0.29) is 17.6 Å². The molecule has 0 fully saturated rings. The maximum absolute atomic E-state index is 14.0. The van der Waals surface area contributed by atoms with Crippen molar-refractivity contribution < 1.29 is 32.2 Å². The van der Waals surface area contributed by atoms with Crippen LogP contribution >= 0.6 is 0 Å². The molecule has 212 valence electrons. The maximum Gasteiger partial charge on any atom is 0.404 e. The van der Waals surface area contributed by atoms with Crippen LogP contribution < -0.4 is 20.1 Å². The number of carbonyl (C=O) groups excluding carboxylic acids is 1. The number of nitrogens with zero attached hydrogens (tertiary/aromatic N) is 2. The molecular weight excluding hydrogens is 520 g/mol. The molecule has 40 heavy (non-hydrogen) atoms. The van der Waals surface area contributed by atoms with Crippen molar-refractivity contribution in [2.75, 3.05) is 18.6 Å². The van der Waals surface area contributed by atoms with Gasteiger partial charge < -0.3 is 29.3 Å². The van der Waals surface area contributed by atoms with E-state index in [0.29, 0.717) is 48.1 Å². The maximum atomic E-state index is 14.0. The number of fused-ring (bicyclic) bond motifs is 1. The monoisotopic (exact) mass is 553 g/mol. The molecule has 1 aromatic heterocycles. The molecule has 2 N–H and O–H groups in total. The summed E-state index contributed by atoms with van der Waals surface area (Å²) in [5.41, 5.74) is 7.02. The Morgan fingerprint density at radius 3 is 2.42 bits per heavy atom. The third kappa shape index (κ3) is 6.99. The van der Waals surface area contributed by atoms with Crippen LogP contribution in [0.5, 0.6) is 11.5 Å². The normalized spacial score (nSPS) is 12.2. The van der Waals surface area contributed by atoms with Crippen LogP contribution in [0.2, 0.25) is 0 Å². The minimum atomic E-state index is -0.830. The van der Waals surface area contributed by atoms with Crippen molar-refractivity contribution in [1.29, 1.82) is 0 Å². The van der Waals surface area contributed by atoms with Crippen LogP contribution in [-0.4, -0.2) is 30.8 Å². The lowest BCUT2D eigenvalue weighted by atomic mass is 9.87. The van der Waals surface area contributed by atoms with Gasteiger partial charge in [0.05, 0.1) is 12.7 Å². The van der Waals surface area contributed by atoms with Crippen LogP contribution in [0.4, 0.5) is 19.6 Å². The molecule has 0 saturated heterocycles. The molecule has 3 aromatic carbocycles. The van der Waals surface area contributed by atoms with Gasteiger partial charge in [0.2, 0.25) is 0 Å². The number of amides is 1. The molecule has 0 saturated carbocycles. The van der Waals surface area contributed by atoms with Crippen molar-refractivity contribution in [3.8, 4) is 11.5 Å². The summed E-state index contributed by atoms with van der Waals surface area (Å²) in [6.07, 6.45) is -0.803. The zero-order valence-corrected chi connectivity index (χ0v) is 22.9. The van der Waals surface area contributed by atoms with Gasteiger partial charge in [-0.15, -0.1) is 0 Å². The quantitative estimate of drug-likeness (QED) is 0.223. The van der Waals surface area contributed by atoms with E-state index in [4.69, 9.17) is 24.4 Å². The summed E-state index contributed by atoms with van der Waals surface area (Å²) in [5, 5.41) is 0. The standard InChI is InChI=1S/C30H33F2N3O5/c1-30(2,3)27(40-28(33)36)14-15-35(29-34-23-10-5-6-11-24(23)39-29)17-19-12-13-25(26(16-19)37-4)38-18-20-21(31)8-7-9-22(20)32/h5-13,16,27H,14-15,17-18H2,1-4H3,(H2,33,36). The number of aromatic nitrogens is 1. The lowest BCUT2D eigenvalue weighted by Crippen LogP contribution is -2.37. The van der Waals surface area contributed by atoms with Crippen LogP contribution in [0.1, 0.15) is 38.3 Å². The molecule has 4 rings (SSSR count). The van der Waals surface area contributed by atoms with Gasteiger partial charge in [0.1, 0.15) is 29.9 Å². The average molecular weight is 554 g/mol. The first-order valence-electron chi connectivity index (χ1n) is 12.8. The summed E-state index contributed by atoms with van der Waals surface area (Å²) in [6.45, 7) is 6.44. The van der Waals surface area contributed by atoms with E-state index in [1.165, 1.54) is 25.3 Å². The third-order valence-corrected chi connectivity index (χ3v) is 6.47. The average Bonchev–Trinajstić information content (AvgIpc) is 3.34. The van der Waals surface area contributed by atoms with E-state index in [0.717, 1.165) is 5.56 Å². The third-order valence-electron chi connectivity index (χ3n) is 6.47. The predicted molar refractivity (Wildman–Crippen MR) is 147 cm³/mol. The van der Waals surface area contributed by atoms with Gasteiger partial charge in [-0.3, -0.25) is 0 Å². The molecule has 0 radical (unpaired) electrons. The number of oxazole rings is 1. The van der Waals surface area contributed by atoms with E-state index >= 15 is 0 Å². The van der Waals surface area contributed by atoms with E-state index in [1.807, 2.05) is 56.0 Å². The molecule has 0 spiro atoms. The molecule has 0 bridgehead atoms. The van der Waals surface area contributed by atoms with Crippen molar-refractivity contribution in [1.82, 2.24) is 4.98 Å². The lowest BCUT2D eigenvalue weighted by molar-refractivity contribution is 0.0326. The number of hydrogen-bond donors (Lipinski definition) is 1. The highest BCUT2D eigenvalue weighted by atomic mass is 19.1. The molecule has 1 amide bonds. The van der Waals surface area contributed by atoms with Gasteiger partial charge in [0.15, 0.2) is 17.1 Å². The van der Waals surface area contributed by atoms with Gasteiger partial charge in [0, 0.05) is 19.5 Å². The molecule has 0 aliphatic heterocycles. The molecule has 1 unspecified atom stereocenters. The number of rotatable bonds is 11. The highest BCUT2D eigenvalue weighted by molar-refractivity contribution is 5.74. The van der Waals surface area contributed by atoms with Gasteiger partial charge >= 0.3 is 6.09 Å². The summed E-state index contributed by atoms with van der Waals surface area (Å²) >= 11 is 0. The Kier molecular flexibility index (Phi) is 8.77. The first kappa shape index (κ1) is 28.7. The fourth-order valence-electron chi connectivity index (χ4n) is 4.29. The first-order chi connectivity index (χ1) is 19.0. The van der Waals surface area contributed by atoms with Gasteiger partial charge in [-0.05, 0) is 47.4 Å². The molecular formula is C30H33F2N3O5. The Labute approximate surface area is 231 Å². The van der Waals surface area contributed by atoms with E-state index in [2.05, 4.69) is 4.98 Å². The number of primary amides is 1. The Morgan fingerprint density at radius 2 is 1.77 bits per heavy atom. The Balaban J connectivity index is 1.57. The van der Waals surface area contributed by atoms with Gasteiger partial charge in [-0.2, -0.15) is 4.98 Å².